The Morgan fingerprint density at radius 3 is 2.88 bits per heavy atom. The number of thiophene rings is 1. The van der Waals surface area contributed by atoms with Gasteiger partial charge in [0.1, 0.15) is 12.4 Å². The van der Waals surface area contributed by atoms with Crippen LogP contribution >= 0.6 is 27.3 Å². The molecule has 0 aliphatic rings. The smallest absolute Gasteiger partial charge is 0.122 e. The van der Waals surface area contributed by atoms with Gasteiger partial charge in [0.2, 0.25) is 0 Å². The summed E-state index contributed by atoms with van der Waals surface area (Å²) in [7, 11) is 0. The van der Waals surface area contributed by atoms with E-state index < -0.39 is 6.10 Å². The number of aliphatic hydroxyl groups excluding tert-OH is 1. The Morgan fingerprint density at radius 1 is 1.41 bits per heavy atom. The Morgan fingerprint density at radius 2 is 2.24 bits per heavy atom. The molecular formula is C13H13BrO2S. The quantitative estimate of drug-likeness (QED) is 0.919. The van der Waals surface area contributed by atoms with Gasteiger partial charge in [0.05, 0.1) is 6.10 Å². The van der Waals surface area contributed by atoms with E-state index in [9.17, 15) is 5.11 Å². The van der Waals surface area contributed by atoms with Crippen molar-refractivity contribution in [1.82, 2.24) is 0 Å². The first-order chi connectivity index (χ1) is 8.15. The summed E-state index contributed by atoms with van der Waals surface area (Å²) in [5, 5.41) is 11.5. The van der Waals surface area contributed by atoms with Crippen LogP contribution in [0.15, 0.2) is 40.2 Å². The van der Waals surface area contributed by atoms with Gasteiger partial charge in [0.25, 0.3) is 0 Å². The number of rotatable bonds is 4. The first-order valence-electron chi connectivity index (χ1n) is 5.29. The largest absolute Gasteiger partial charge is 0.488 e. The summed E-state index contributed by atoms with van der Waals surface area (Å²) >= 11 is 5.07. The molecule has 1 aromatic carbocycles. The second-order valence-electron chi connectivity index (χ2n) is 3.77. The van der Waals surface area contributed by atoms with E-state index in [1.54, 1.807) is 18.3 Å². The molecule has 0 saturated carbocycles. The van der Waals surface area contributed by atoms with E-state index in [0.29, 0.717) is 6.61 Å². The zero-order valence-electron chi connectivity index (χ0n) is 9.39. The predicted molar refractivity (Wildman–Crippen MR) is 73.4 cm³/mol. The van der Waals surface area contributed by atoms with Crippen molar-refractivity contribution >= 4 is 27.3 Å². The highest BCUT2D eigenvalue weighted by Gasteiger charge is 2.03. The summed E-state index contributed by atoms with van der Waals surface area (Å²) in [5.41, 5.74) is 0.870. The van der Waals surface area contributed by atoms with Gasteiger partial charge in [-0.2, -0.15) is 0 Å². The molecule has 0 aliphatic carbocycles. The molecule has 0 bridgehead atoms. The lowest BCUT2D eigenvalue weighted by Gasteiger charge is -2.08. The lowest BCUT2D eigenvalue weighted by Crippen LogP contribution is -1.95. The van der Waals surface area contributed by atoms with Crippen LogP contribution in [-0.2, 0) is 6.61 Å². The second-order valence-corrected chi connectivity index (χ2v) is 5.68. The highest BCUT2D eigenvalue weighted by molar-refractivity contribution is 9.10. The highest BCUT2D eigenvalue weighted by Crippen LogP contribution is 2.23. The first-order valence-corrected chi connectivity index (χ1v) is 6.96. The molecule has 0 fully saturated rings. The number of ether oxygens (including phenoxy) is 1. The monoisotopic (exact) mass is 312 g/mol. The Balaban J connectivity index is 2.01. The van der Waals surface area contributed by atoms with Crippen molar-refractivity contribution in [2.75, 3.05) is 0 Å². The summed E-state index contributed by atoms with van der Waals surface area (Å²) in [4.78, 5) is 1.17. The maximum atomic E-state index is 9.48. The van der Waals surface area contributed by atoms with E-state index >= 15 is 0 Å². The van der Waals surface area contributed by atoms with Crippen molar-refractivity contribution in [3.8, 4) is 5.75 Å². The number of halogens is 1. The molecular weight excluding hydrogens is 300 g/mol. The minimum Gasteiger partial charge on any atom is -0.488 e. The third-order valence-electron chi connectivity index (χ3n) is 2.34. The summed E-state index contributed by atoms with van der Waals surface area (Å²) in [6.07, 6.45) is -0.463. The van der Waals surface area contributed by atoms with Gasteiger partial charge in [-0.3, -0.25) is 0 Å². The zero-order valence-corrected chi connectivity index (χ0v) is 11.8. The standard InChI is InChI=1S/C13H13BrO2S/c1-9(15)10-3-2-4-12(5-10)16-7-13-6-11(14)8-17-13/h2-6,8-9,15H,7H2,1H3/t9-/m0/s1. The van der Waals surface area contributed by atoms with Crippen LogP contribution in [0, 0.1) is 0 Å². The first kappa shape index (κ1) is 12.6. The summed E-state index contributed by atoms with van der Waals surface area (Å²) < 4.78 is 6.76. The van der Waals surface area contributed by atoms with Crippen LogP contribution in [0.5, 0.6) is 5.75 Å². The molecule has 4 heteroatoms. The van der Waals surface area contributed by atoms with E-state index in [-0.39, 0.29) is 0 Å². The minimum atomic E-state index is -0.463. The number of hydrogen-bond donors (Lipinski definition) is 1. The molecule has 1 atom stereocenters. The topological polar surface area (TPSA) is 29.5 Å². The van der Waals surface area contributed by atoms with Crippen LogP contribution < -0.4 is 4.74 Å². The lowest BCUT2D eigenvalue weighted by atomic mass is 10.1. The fourth-order valence-corrected chi connectivity index (χ4v) is 2.81. The van der Waals surface area contributed by atoms with Crippen molar-refractivity contribution in [1.29, 1.82) is 0 Å². The van der Waals surface area contributed by atoms with Crippen LogP contribution in [-0.4, -0.2) is 5.11 Å². The maximum absolute atomic E-state index is 9.48. The fraction of sp³-hybridized carbons (Fsp3) is 0.231. The van der Waals surface area contributed by atoms with E-state index in [1.165, 1.54) is 4.88 Å². The van der Waals surface area contributed by atoms with E-state index in [2.05, 4.69) is 15.9 Å². The SMILES string of the molecule is C[C@H](O)c1cccc(OCc2cc(Br)cs2)c1. The molecule has 0 amide bonds. The fourth-order valence-electron chi connectivity index (χ4n) is 1.45. The predicted octanol–water partition coefficient (Wildman–Crippen LogP) is 4.14. The van der Waals surface area contributed by atoms with Crippen LogP contribution in [0.2, 0.25) is 0 Å². The van der Waals surface area contributed by atoms with Crippen molar-refractivity contribution in [3.63, 3.8) is 0 Å². The zero-order chi connectivity index (χ0) is 12.3. The molecule has 17 heavy (non-hydrogen) atoms. The van der Waals surface area contributed by atoms with Crippen LogP contribution in [0.1, 0.15) is 23.5 Å². The molecule has 2 nitrogen and oxygen atoms in total. The highest BCUT2D eigenvalue weighted by atomic mass is 79.9. The van der Waals surface area contributed by atoms with Crippen molar-refractivity contribution in [2.24, 2.45) is 0 Å². The Hall–Kier alpha value is -0.840. The van der Waals surface area contributed by atoms with Crippen molar-refractivity contribution in [3.05, 3.63) is 50.6 Å². The molecule has 0 radical (unpaired) electrons. The second kappa shape index (κ2) is 5.67. The molecule has 0 spiro atoms. The van der Waals surface area contributed by atoms with Gasteiger partial charge in [-0.25, -0.2) is 0 Å². The van der Waals surface area contributed by atoms with Gasteiger partial charge >= 0.3 is 0 Å². The van der Waals surface area contributed by atoms with Gasteiger partial charge in [-0.1, -0.05) is 12.1 Å². The van der Waals surface area contributed by atoms with Gasteiger partial charge in [0, 0.05) is 14.7 Å². The van der Waals surface area contributed by atoms with Gasteiger partial charge < -0.3 is 9.84 Å². The molecule has 0 unspecified atom stereocenters. The van der Waals surface area contributed by atoms with Crippen LogP contribution in [0.25, 0.3) is 0 Å². The molecule has 90 valence electrons. The Labute approximate surface area is 113 Å². The Kier molecular flexibility index (Phi) is 4.20. The number of hydrogen-bond acceptors (Lipinski definition) is 3. The van der Waals surface area contributed by atoms with Crippen LogP contribution in [0.4, 0.5) is 0 Å². The molecule has 0 saturated heterocycles. The molecule has 2 aromatic rings. The maximum Gasteiger partial charge on any atom is 0.122 e. The minimum absolute atomic E-state index is 0.463. The van der Waals surface area contributed by atoms with E-state index in [1.807, 2.05) is 35.7 Å². The van der Waals surface area contributed by atoms with E-state index in [4.69, 9.17) is 4.74 Å². The summed E-state index contributed by atoms with van der Waals surface area (Å²) in [6, 6.07) is 9.59. The lowest BCUT2D eigenvalue weighted by molar-refractivity contribution is 0.198. The Bertz CT molecular complexity index is 494. The van der Waals surface area contributed by atoms with Gasteiger partial charge in [-0.15, -0.1) is 11.3 Å². The number of benzene rings is 1. The van der Waals surface area contributed by atoms with E-state index in [0.717, 1.165) is 15.8 Å². The number of aliphatic hydroxyl groups is 1. The summed E-state index contributed by atoms with van der Waals surface area (Å²) in [6.45, 7) is 2.30. The van der Waals surface area contributed by atoms with Gasteiger partial charge in [0.15, 0.2) is 0 Å². The third-order valence-corrected chi connectivity index (χ3v) is 4.01. The molecule has 0 aliphatic heterocycles. The van der Waals surface area contributed by atoms with Crippen molar-refractivity contribution < 1.29 is 9.84 Å². The van der Waals surface area contributed by atoms with Gasteiger partial charge in [-0.05, 0) is 46.6 Å². The molecule has 1 aromatic heterocycles. The van der Waals surface area contributed by atoms with Crippen LogP contribution in [0.3, 0.4) is 0 Å². The average Bonchev–Trinajstić information content (AvgIpc) is 2.73. The molecule has 2 rings (SSSR count). The molecule has 1 heterocycles. The third kappa shape index (κ3) is 3.56. The average molecular weight is 313 g/mol. The summed E-state index contributed by atoms with van der Waals surface area (Å²) in [5.74, 6) is 0.785. The van der Waals surface area contributed by atoms with Crippen molar-refractivity contribution in [2.45, 2.75) is 19.6 Å². The molecule has 1 N–H and O–H groups in total. The normalized spacial score (nSPS) is 12.4.